The molecule has 0 saturated heterocycles. The molecule has 0 saturated carbocycles. The second-order valence-corrected chi connectivity index (χ2v) is 5.73. The Hall–Kier alpha value is -2.27. The fourth-order valence-electron chi connectivity index (χ4n) is 1.91. The molecule has 5 heteroatoms. The van der Waals surface area contributed by atoms with Crippen LogP contribution in [0.1, 0.15) is 10.6 Å². The van der Waals surface area contributed by atoms with Crippen molar-refractivity contribution >= 4 is 11.3 Å². The van der Waals surface area contributed by atoms with Crippen molar-refractivity contribution in [2.24, 2.45) is 0 Å². The molecular weight excluding hydrogens is 270 g/mol. The molecule has 3 aromatic heterocycles. The first-order chi connectivity index (χ1) is 9.72. The van der Waals surface area contributed by atoms with E-state index in [0.717, 1.165) is 16.3 Å². The monoisotopic (exact) mass is 283 g/mol. The molecule has 0 aromatic carbocycles. The fraction of sp³-hybridized carbons (Fsp3) is 0.133. The highest BCUT2D eigenvalue weighted by atomic mass is 32.1. The van der Waals surface area contributed by atoms with E-state index in [9.17, 15) is 4.79 Å². The molecule has 0 radical (unpaired) electrons. The van der Waals surface area contributed by atoms with Crippen LogP contribution in [0.2, 0.25) is 0 Å². The number of aryl methyl sites for hydroxylation is 1. The van der Waals surface area contributed by atoms with Crippen LogP contribution in [0, 0.1) is 6.92 Å². The fourth-order valence-corrected chi connectivity index (χ4v) is 2.74. The van der Waals surface area contributed by atoms with Gasteiger partial charge in [-0.2, -0.15) is 5.10 Å². The Morgan fingerprint density at radius 2 is 2.05 bits per heavy atom. The molecule has 0 bridgehead atoms. The van der Waals surface area contributed by atoms with Crippen molar-refractivity contribution in [2.75, 3.05) is 0 Å². The van der Waals surface area contributed by atoms with Crippen LogP contribution in [0.4, 0.5) is 0 Å². The third-order valence-corrected chi connectivity index (χ3v) is 3.92. The predicted molar refractivity (Wildman–Crippen MR) is 79.9 cm³/mol. The maximum Gasteiger partial charge on any atom is 0.267 e. The van der Waals surface area contributed by atoms with Crippen molar-refractivity contribution < 1.29 is 0 Å². The molecule has 3 rings (SSSR count). The van der Waals surface area contributed by atoms with E-state index in [1.165, 1.54) is 9.56 Å². The summed E-state index contributed by atoms with van der Waals surface area (Å²) < 4.78 is 1.45. The summed E-state index contributed by atoms with van der Waals surface area (Å²) in [6.45, 7) is 2.44. The van der Waals surface area contributed by atoms with Crippen LogP contribution >= 0.6 is 11.3 Å². The third kappa shape index (κ3) is 2.67. The molecule has 20 heavy (non-hydrogen) atoms. The molecule has 3 heterocycles. The minimum absolute atomic E-state index is 0.118. The number of hydrogen-bond acceptors (Lipinski definition) is 4. The SMILES string of the molecule is Cc1ccc(-c2ccc(=O)n(Cc3ccccn3)n2)s1. The van der Waals surface area contributed by atoms with Gasteiger partial charge in [0.2, 0.25) is 0 Å². The summed E-state index contributed by atoms with van der Waals surface area (Å²) in [4.78, 5) is 18.4. The normalized spacial score (nSPS) is 10.7. The lowest BCUT2D eigenvalue weighted by atomic mass is 10.3. The van der Waals surface area contributed by atoms with Crippen LogP contribution in [0.15, 0.2) is 53.5 Å². The van der Waals surface area contributed by atoms with Crippen molar-refractivity contribution in [1.82, 2.24) is 14.8 Å². The van der Waals surface area contributed by atoms with Gasteiger partial charge < -0.3 is 0 Å². The molecule has 0 spiro atoms. The van der Waals surface area contributed by atoms with Gasteiger partial charge in [-0.1, -0.05) is 6.07 Å². The lowest BCUT2D eigenvalue weighted by Gasteiger charge is -2.05. The number of nitrogens with zero attached hydrogens (tertiary/aromatic N) is 3. The van der Waals surface area contributed by atoms with Crippen molar-refractivity contribution in [3.05, 3.63) is 69.6 Å². The highest BCUT2D eigenvalue weighted by molar-refractivity contribution is 7.15. The molecule has 4 nitrogen and oxygen atoms in total. The molecule has 0 fully saturated rings. The Morgan fingerprint density at radius 1 is 1.15 bits per heavy atom. The summed E-state index contributed by atoms with van der Waals surface area (Å²) in [5, 5.41) is 4.43. The van der Waals surface area contributed by atoms with E-state index in [2.05, 4.69) is 23.1 Å². The van der Waals surface area contributed by atoms with Gasteiger partial charge >= 0.3 is 0 Å². The van der Waals surface area contributed by atoms with Gasteiger partial charge in [-0.3, -0.25) is 9.78 Å². The van der Waals surface area contributed by atoms with Gasteiger partial charge in [-0.05, 0) is 37.3 Å². The Bertz CT molecular complexity index is 777. The Morgan fingerprint density at radius 3 is 2.75 bits per heavy atom. The van der Waals surface area contributed by atoms with Crippen LogP contribution in [-0.2, 0) is 6.54 Å². The number of rotatable bonds is 3. The zero-order chi connectivity index (χ0) is 13.9. The van der Waals surface area contributed by atoms with Crippen LogP contribution < -0.4 is 5.56 Å². The Balaban J connectivity index is 1.97. The lowest BCUT2D eigenvalue weighted by molar-refractivity contribution is 0.632. The van der Waals surface area contributed by atoms with Gasteiger partial charge in [0.25, 0.3) is 5.56 Å². The zero-order valence-electron chi connectivity index (χ0n) is 11.0. The van der Waals surface area contributed by atoms with Crippen LogP contribution in [0.3, 0.4) is 0 Å². The quantitative estimate of drug-likeness (QED) is 0.742. The lowest BCUT2D eigenvalue weighted by Crippen LogP contribution is -2.23. The van der Waals surface area contributed by atoms with Gasteiger partial charge in [-0.25, -0.2) is 4.68 Å². The number of pyridine rings is 1. The average molecular weight is 283 g/mol. The van der Waals surface area contributed by atoms with E-state index in [-0.39, 0.29) is 5.56 Å². The van der Waals surface area contributed by atoms with E-state index in [4.69, 9.17) is 0 Å². The maximum atomic E-state index is 11.9. The highest BCUT2D eigenvalue weighted by Gasteiger charge is 2.06. The number of hydrogen-bond donors (Lipinski definition) is 0. The van der Waals surface area contributed by atoms with Crippen molar-refractivity contribution in [3.63, 3.8) is 0 Å². The minimum atomic E-state index is -0.118. The summed E-state index contributed by atoms with van der Waals surface area (Å²) in [5.41, 5.74) is 1.52. The topological polar surface area (TPSA) is 47.8 Å². The summed E-state index contributed by atoms with van der Waals surface area (Å²) in [6, 6.07) is 13.0. The van der Waals surface area contributed by atoms with Gasteiger partial charge in [0.05, 0.1) is 17.1 Å². The second-order valence-electron chi connectivity index (χ2n) is 4.45. The molecule has 0 aliphatic rings. The smallest absolute Gasteiger partial charge is 0.267 e. The van der Waals surface area contributed by atoms with E-state index in [0.29, 0.717) is 6.54 Å². The minimum Gasteiger partial charge on any atom is -0.268 e. The Labute approximate surface area is 120 Å². The summed E-state index contributed by atoms with van der Waals surface area (Å²) >= 11 is 1.67. The number of thiophene rings is 1. The molecule has 0 atom stereocenters. The summed E-state index contributed by atoms with van der Waals surface area (Å²) in [5.74, 6) is 0. The van der Waals surface area contributed by atoms with Gasteiger partial charge in [-0.15, -0.1) is 11.3 Å². The van der Waals surface area contributed by atoms with Crippen LogP contribution in [0.5, 0.6) is 0 Å². The standard InChI is InChI=1S/C15H13N3OS/c1-11-5-7-14(20-11)13-6-8-15(19)18(17-13)10-12-4-2-3-9-16-12/h2-9H,10H2,1H3. The molecule has 0 unspecified atom stereocenters. The molecular formula is C15H13N3OS. The Kier molecular flexibility index (Phi) is 3.43. The third-order valence-electron chi connectivity index (χ3n) is 2.90. The largest absolute Gasteiger partial charge is 0.268 e. The van der Waals surface area contributed by atoms with Crippen LogP contribution in [0.25, 0.3) is 10.6 Å². The van der Waals surface area contributed by atoms with Crippen molar-refractivity contribution in [1.29, 1.82) is 0 Å². The average Bonchev–Trinajstić information content (AvgIpc) is 2.89. The molecule has 100 valence electrons. The van der Waals surface area contributed by atoms with Crippen LogP contribution in [-0.4, -0.2) is 14.8 Å². The van der Waals surface area contributed by atoms with Crippen molar-refractivity contribution in [2.45, 2.75) is 13.5 Å². The highest BCUT2D eigenvalue weighted by Crippen LogP contribution is 2.24. The number of aromatic nitrogens is 3. The van der Waals surface area contributed by atoms with E-state index < -0.39 is 0 Å². The maximum absolute atomic E-state index is 11.9. The van der Waals surface area contributed by atoms with E-state index in [1.807, 2.05) is 24.3 Å². The van der Waals surface area contributed by atoms with E-state index >= 15 is 0 Å². The van der Waals surface area contributed by atoms with Gasteiger partial charge in [0.1, 0.15) is 5.69 Å². The predicted octanol–water partition coefficient (Wildman–Crippen LogP) is 2.72. The zero-order valence-corrected chi connectivity index (χ0v) is 11.8. The first-order valence-corrected chi connectivity index (χ1v) is 7.09. The van der Waals surface area contributed by atoms with Gasteiger partial charge in [0, 0.05) is 17.1 Å². The molecule has 0 amide bonds. The van der Waals surface area contributed by atoms with Gasteiger partial charge in [0.15, 0.2) is 0 Å². The van der Waals surface area contributed by atoms with Crippen molar-refractivity contribution in [3.8, 4) is 10.6 Å². The molecule has 0 aliphatic carbocycles. The summed E-state index contributed by atoms with van der Waals surface area (Å²) in [6.07, 6.45) is 1.72. The second kappa shape index (κ2) is 5.38. The molecule has 0 aliphatic heterocycles. The summed E-state index contributed by atoms with van der Waals surface area (Å²) in [7, 11) is 0. The first kappa shape index (κ1) is 12.7. The first-order valence-electron chi connectivity index (χ1n) is 6.27. The molecule has 3 aromatic rings. The molecule has 0 N–H and O–H groups in total. The van der Waals surface area contributed by atoms with E-state index in [1.54, 1.807) is 29.7 Å².